The summed E-state index contributed by atoms with van der Waals surface area (Å²) < 4.78 is 61.6. The lowest BCUT2D eigenvalue weighted by Gasteiger charge is -2.15. The van der Waals surface area contributed by atoms with Crippen molar-refractivity contribution in [2.75, 3.05) is 26.4 Å². The van der Waals surface area contributed by atoms with Gasteiger partial charge in [-0.1, -0.05) is 18.2 Å². The molecule has 42 heavy (non-hydrogen) atoms. The van der Waals surface area contributed by atoms with E-state index in [0.717, 1.165) is 44.4 Å². The van der Waals surface area contributed by atoms with Crippen molar-refractivity contribution < 1.29 is 22.3 Å². The summed E-state index contributed by atoms with van der Waals surface area (Å²) in [6, 6.07) is 13.0. The van der Waals surface area contributed by atoms with Crippen molar-refractivity contribution in [3.63, 3.8) is 0 Å². The fourth-order valence-electron chi connectivity index (χ4n) is 4.55. The van der Waals surface area contributed by atoms with E-state index in [1.165, 1.54) is 18.2 Å². The average Bonchev–Trinajstić information content (AvgIpc) is 3.31. The van der Waals surface area contributed by atoms with Crippen LogP contribution in [0.4, 0.5) is 23.2 Å². The topological polar surface area (TPSA) is 95.4 Å². The van der Waals surface area contributed by atoms with Gasteiger partial charge in [-0.3, -0.25) is 9.36 Å². The molecule has 0 unspecified atom stereocenters. The third-order valence-corrected chi connectivity index (χ3v) is 7.74. The number of nitrogens with zero attached hydrogens (tertiary/aromatic N) is 4. The van der Waals surface area contributed by atoms with Crippen LogP contribution in [0.15, 0.2) is 70.4 Å². The van der Waals surface area contributed by atoms with Crippen molar-refractivity contribution in [1.82, 2.24) is 19.0 Å². The lowest BCUT2D eigenvalue weighted by Crippen LogP contribution is -2.39. The Balaban J connectivity index is 1.81. The molecule has 218 valence electrons. The zero-order valence-corrected chi connectivity index (χ0v) is 23.3. The number of aromatic nitrogens is 3. The number of fused-ring (bicyclic) bond motifs is 1. The van der Waals surface area contributed by atoms with Gasteiger partial charge in [0.2, 0.25) is 5.88 Å². The highest BCUT2D eigenvalue weighted by atomic mass is 32.1. The molecule has 3 heterocycles. The summed E-state index contributed by atoms with van der Waals surface area (Å²) in [6.07, 6.45) is -1.58. The second-order valence-corrected chi connectivity index (χ2v) is 10.7. The molecule has 0 atom stereocenters. The zero-order valence-electron chi connectivity index (χ0n) is 22.5. The van der Waals surface area contributed by atoms with Crippen molar-refractivity contribution in [3.8, 4) is 22.0 Å². The van der Waals surface area contributed by atoms with E-state index in [2.05, 4.69) is 4.98 Å². The fourth-order valence-corrected chi connectivity index (χ4v) is 5.85. The standard InChI is InChI=1S/C29H25F4N5O3S/c1-36(2)13-20-25-27(39)38(18-10-11-24(35-12-18)41-15-23(32)33)29(40)37(14-19-21(30)4-3-5-22(19)31)28(25)42-26(20)16-6-8-17(34)9-7-16/h3-12,23H,13-15,34H2,1-2H3. The number of pyridine rings is 1. The summed E-state index contributed by atoms with van der Waals surface area (Å²) in [6.45, 7) is -1.07. The van der Waals surface area contributed by atoms with E-state index in [0.29, 0.717) is 22.7 Å². The molecule has 3 aromatic heterocycles. The maximum absolute atomic E-state index is 14.8. The summed E-state index contributed by atoms with van der Waals surface area (Å²) in [5.41, 5.74) is 5.91. The number of hydrogen-bond donors (Lipinski definition) is 1. The smallest absolute Gasteiger partial charge is 0.337 e. The molecule has 0 aliphatic rings. The molecule has 0 radical (unpaired) electrons. The second kappa shape index (κ2) is 11.8. The van der Waals surface area contributed by atoms with Crippen LogP contribution in [0, 0.1) is 11.6 Å². The summed E-state index contributed by atoms with van der Waals surface area (Å²) in [4.78, 5) is 34.8. The Hall–Kier alpha value is -4.49. The quantitative estimate of drug-likeness (QED) is 0.192. The fraction of sp³-hybridized carbons (Fsp3) is 0.207. The highest BCUT2D eigenvalue weighted by molar-refractivity contribution is 7.22. The molecule has 0 amide bonds. The van der Waals surface area contributed by atoms with Gasteiger partial charge in [-0.15, -0.1) is 11.3 Å². The predicted molar refractivity (Wildman–Crippen MR) is 154 cm³/mol. The predicted octanol–water partition coefficient (Wildman–Crippen LogP) is 4.89. The van der Waals surface area contributed by atoms with E-state index in [-0.39, 0.29) is 27.3 Å². The van der Waals surface area contributed by atoms with Crippen LogP contribution in [-0.4, -0.2) is 46.1 Å². The first kappa shape index (κ1) is 29.0. The van der Waals surface area contributed by atoms with Gasteiger partial charge in [0.15, 0.2) is 6.61 Å². The van der Waals surface area contributed by atoms with Crippen molar-refractivity contribution >= 4 is 27.2 Å². The summed E-state index contributed by atoms with van der Waals surface area (Å²) >= 11 is 1.16. The van der Waals surface area contributed by atoms with Crippen molar-refractivity contribution in [2.24, 2.45) is 0 Å². The molecule has 5 aromatic rings. The first-order valence-electron chi connectivity index (χ1n) is 12.7. The minimum atomic E-state index is -2.72. The zero-order chi connectivity index (χ0) is 30.1. The molecule has 5 rings (SSSR count). The minimum absolute atomic E-state index is 0.0232. The van der Waals surface area contributed by atoms with Crippen LogP contribution < -0.4 is 21.7 Å². The molecule has 0 aliphatic carbocycles. The van der Waals surface area contributed by atoms with E-state index >= 15 is 0 Å². The van der Waals surface area contributed by atoms with Crippen LogP contribution in [0.25, 0.3) is 26.3 Å². The number of thiophene rings is 1. The molecule has 0 saturated carbocycles. The van der Waals surface area contributed by atoms with Crippen molar-refractivity contribution in [2.45, 2.75) is 19.5 Å². The van der Waals surface area contributed by atoms with Crippen LogP contribution in [0.3, 0.4) is 0 Å². The van der Waals surface area contributed by atoms with Gasteiger partial charge in [0.05, 0.1) is 23.8 Å². The maximum atomic E-state index is 14.8. The summed E-state index contributed by atoms with van der Waals surface area (Å²) in [5.74, 6) is -1.82. The SMILES string of the molecule is CN(C)Cc1c(-c2ccc(N)cc2)sc2c1c(=O)n(-c1ccc(OCC(F)F)nc1)c(=O)n2Cc1c(F)cccc1F. The number of rotatable bonds is 9. The number of benzene rings is 2. The van der Waals surface area contributed by atoms with Gasteiger partial charge >= 0.3 is 5.69 Å². The van der Waals surface area contributed by atoms with Crippen LogP contribution in [0.2, 0.25) is 0 Å². The number of hydrogen-bond acceptors (Lipinski definition) is 7. The van der Waals surface area contributed by atoms with Gasteiger partial charge in [0.1, 0.15) is 16.5 Å². The molecule has 13 heteroatoms. The maximum Gasteiger partial charge on any atom is 0.337 e. The Kier molecular flexibility index (Phi) is 8.14. The monoisotopic (exact) mass is 599 g/mol. The molecule has 2 N–H and O–H groups in total. The van der Waals surface area contributed by atoms with Crippen LogP contribution in [0.1, 0.15) is 11.1 Å². The highest BCUT2D eigenvalue weighted by Gasteiger charge is 2.25. The van der Waals surface area contributed by atoms with Gasteiger partial charge in [-0.25, -0.2) is 31.9 Å². The van der Waals surface area contributed by atoms with Crippen LogP contribution in [0.5, 0.6) is 5.88 Å². The molecule has 0 saturated heterocycles. The van der Waals surface area contributed by atoms with E-state index < -0.39 is 42.5 Å². The molecule has 0 spiro atoms. The third kappa shape index (κ3) is 5.65. The number of ether oxygens (including phenoxy) is 1. The number of nitrogen functional groups attached to an aromatic ring is 1. The van der Waals surface area contributed by atoms with Crippen molar-refractivity contribution in [1.29, 1.82) is 0 Å². The van der Waals surface area contributed by atoms with E-state index in [9.17, 15) is 27.2 Å². The van der Waals surface area contributed by atoms with Gasteiger partial charge in [-0.05, 0) is 55.6 Å². The van der Waals surface area contributed by atoms with Gasteiger partial charge in [0.25, 0.3) is 12.0 Å². The lowest BCUT2D eigenvalue weighted by atomic mass is 10.1. The molecule has 8 nitrogen and oxygen atoms in total. The highest BCUT2D eigenvalue weighted by Crippen LogP contribution is 2.38. The Bertz CT molecular complexity index is 1850. The third-order valence-electron chi connectivity index (χ3n) is 6.43. The normalized spacial score (nSPS) is 11.6. The Morgan fingerprint density at radius 2 is 1.69 bits per heavy atom. The van der Waals surface area contributed by atoms with E-state index in [1.54, 1.807) is 24.3 Å². The first-order valence-corrected chi connectivity index (χ1v) is 13.5. The first-order chi connectivity index (χ1) is 20.0. The van der Waals surface area contributed by atoms with Gasteiger partial charge in [-0.2, -0.15) is 0 Å². The lowest BCUT2D eigenvalue weighted by molar-refractivity contribution is 0.0796. The Morgan fingerprint density at radius 1 is 1.00 bits per heavy atom. The van der Waals surface area contributed by atoms with Gasteiger partial charge in [0, 0.05) is 28.7 Å². The largest absolute Gasteiger partial charge is 0.472 e. The Morgan fingerprint density at radius 3 is 2.29 bits per heavy atom. The summed E-state index contributed by atoms with van der Waals surface area (Å²) in [5, 5.41) is 0.190. The molecule has 0 aliphatic heterocycles. The van der Waals surface area contributed by atoms with Crippen LogP contribution >= 0.6 is 11.3 Å². The average molecular weight is 600 g/mol. The Labute approximate surface area is 240 Å². The van der Waals surface area contributed by atoms with Crippen molar-refractivity contribution in [3.05, 3.63) is 104 Å². The van der Waals surface area contributed by atoms with E-state index in [1.807, 2.05) is 19.0 Å². The number of alkyl halides is 2. The molecule has 0 bridgehead atoms. The number of nitrogens with two attached hydrogens (primary N) is 1. The molecular formula is C29H25F4N5O3S. The molecular weight excluding hydrogens is 574 g/mol. The molecule has 0 fully saturated rings. The number of anilines is 1. The van der Waals surface area contributed by atoms with Crippen LogP contribution in [-0.2, 0) is 13.1 Å². The number of halogens is 4. The molecule has 2 aromatic carbocycles. The van der Waals surface area contributed by atoms with Gasteiger partial charge < -0.3 is 15.4 Å². The van der Waals surface area contributed by atoms with E-state index in [4.69, 9.17) is 10.5 Å². The minimum Gasteiger partial charge on any atom is -0.472 e. The second-order valence-electron chi connectivity index (χ2n) is 9.72. The summed E-state index contributed by atoms with van der Waals surface area (Å²) in [7, 11) is 3.64.